The molecule has 158 valence electrons. The van der Waals surface area contributed by atoms with E-state index in [2.05, 4.69) is 0 Å². The summed E-state index contributed by atoms with van der Waals surface area (Å²) in [6.07, 6.45) is 0.351. The van der Waals surface area contributed by atoms with Gasteiger partial charge in [-0.05, 0) is 32.4 Å². The molecule has 0 radical (unpaired) electrons. The highest BCUT2D eigenvalue weighted by Gasteiger charge is 2.35. The topological polar surface area (TPSA) is 129 Å². The number of esters is 2. The van der Waals surface area contributed by atoms with Crippen LogP contribution in [0.5, 0.6) is 28.7 Å². The molecule has 1 heterocycles. The number of aldehydes is 1. The van der Waals surface area contributed by atoms with Crippen LogP contribution in [0.15, 0.2) is 6.07 Å². The van der Waals surface area contributed by atoms with E-state index in [-0.39, 0.29) is 64.0 Å². The average molecular weight is 416 g/mol. The molecule has 9 nitrogen and oxygen atoms in total. The van der Waals surface area contributed by atoms with E-state index in [1.54, 1.807) is 13.8 Å². The number of rotatable bonds is 5. The third-order valence-corrected chi connectivity index (χ3v) is 4.77. The van der Waals surface area contributed by atoms with Crippen molar-refractivity contribution in [2.45, 2.75) is 27.4 Å². The van der Waals surface area contributed by atoms with Gasteiger partial charge in [0.2, 0.25) is 0 Å². The largest absolute Gasteiger partial charge is 0.507 e. The Kier molecular flexibility index (Phi) is 5.66. The molecule has 0 fully saturated rings. The van der Waals surface area contributed by atoms with Gasteiger partial charge in [-0.15, -0.1) is 0 Å². The van der Waals surface area contributed by atoms with E-state index in [1.165, 1.54) is 13.0 Å². The predicted molar refractivity (Wildman–Crippen MR) is 103 cm³/mol. The van der Waals surface area contributed by atoms with Gasteiger partial charge in [0.05, 0.1) is 24.8 Å². The van der Waals surface area contributed by atoms with Crippen molar-refractivity contribution in [2.24, 2.45) is 0 Å². The number of aryl methyl sites for hydroxylation is 1. The first-order valence-corrected chi connectivity index (χ1v) is 9.02. The predicted octanol–water partition coefficient (Wildman–Crippen LogP) is 3.18. The van der Waals surface area contributed by atoms with E-state index in [9.17, 15) is 24.6 Å². The summed E-state index contributed by atoms with van der Waals surface area (Å²) in [7, 11) is 1.15. The zero-order valence-electron chi connectivity index (χ0n) is 16.8. The Balaban J connectivity index is 2.38. The van der Waals surface area contributed by atoms with Crippen molar-refractivity contribution in [1.82, 2.24) is 0 Å². The van der Waals surface area contributed by atoms with Crippen LogP contribution in [0.25, 0.3) is 0 Å². The van der Waals surface area contributed by atoms with Gasteiger partial charge in [0, 0.05) is 12.2 Å². The molecule has 0 amide bonds. The SMILES string of the molecule is CCOCc1c(O)c(C(=O)OC)c(C)c2c1OC(=O)c1c(C)cc(O)c(C=O)c1O2. The maximum atomic E-state index is 12.9. The highest BCUT2D eigenvalue weighted by Crippen LogP contribution is 2.50. The molecule has 2 N–H and O–H groups in total. The number of carbonyl (C=O) groups excluding carboxylic acids is 3. The van der Waals surface area contributed by atoms with Crippen LogP contribution in [0.4, 0.5) is 0 Å². The van der Waals surface area contributed by atoms with Crippen molar-refractivity contribution in [3.05, 3.63) is 39.4 Å². The monoisotopic (exact) mass is 416 g/mol. The Morgan fingerprint density at radius 3 is 2.47 bits per heavy atom. The molecule has 0 saturated carbocycles. The minimum absolute atomic E-state index is 0.00790. The van der Waals surface area contributed by atoms with Crippen molar-refractivity contribution >= 4 is 18.2 Å². The zero-order chi connectivity index (χ0) is 22.2. The highest BCUT2D eigenvalue weighted by molar-refractivity contribution is 6.03. The third kappa shape index (κ3) is 3.22. The van der Waals surface area contributed by atoms with Crippen LogP contribution in [0.3, 0.4) is 0 Å². The van der Waals surface area contributed by atoms with Crippen molar-refractivity contribution < 1.29 is 43.5 Å². The number of methoxy groups -OCH3 is 1. The van der Waals surface area contributed by atoms with E-state index in [0.717, 1.165) is 7.11 Å². The van der Waals surface area contributed by atoms with E-state index in [0.29, 0.717) is 11.8 Å². The van der Waals surface area contributed by atoms with Crippen LogP contribution >= 0.6 is 0 Å². The van der Waals surface area contributed by atoms with Gasteiger partial charge < -0.3 is 29.2 Å². The number of hydrogen-bond acceptors (Lipinski definition) is 9. The van der Waals surface area contributed by atoms with Gasteiger partial charge in [-0.25, -0.2) is 9.59 Å². The van der Waals surface area contributed by atoms with Gasteiger partial charge in [0.15, 0.2) is 23.5 Å². The first-order chi connectivity index (χ1) is 14.3. The van der Waals surface area contributed by atoms with Gasteiger partial charge >= 0.3 is 11.9 Å². The summed E-state index contributed by atoms with van der Waals surface area (Å²) < 4.78 is 21.5. The molecule has 0 spiro atoms. The van der Waals surface area contributed by atoms with Gasteiger partial charge in [-0.1, -0.05) is 0 Å². The second-order valence-electron chi connectivity index (χ2n) is 6.55. The third-order valence-electron chi connectivity index (χ3n) is 4.77. The minimum Gasteiger partial charge on any atom is -0.507 e. The highest BCUT2D eigenvalue weighted by atomic mass is 16.6. The first kappa shape index (κ1) is 21.1. The molecule has 0 aromatic heterocycles. The summed E-state index contributed by atoms with van der Waals surface area (Å²) in [6, 6.07) is 1.24. The molecule has 0 saturated heterocycles. The molecular weight excluding hydrogens is 396 g/mol. The second-order valence-corrected chi connectivity index (χ2v) is 6.55. The fraction of sp³-hybridized carbons (Fsp3) is 0.286. The maximum absolute atomic E-state index is 12.9. The van der Waals surface area contributed by atoms with Crippen molar-refractivity contribution in [2.75, 3.05) is 13.7 Å². The number of phenolic OH excluding ortho intramolecular Hbond substituents is 2. The molecule has 1 aliphatic rings. The molecule has 1 aliphatic heterocycles. The number of ether oxygens (including phenoxy) is 4. The smallest absolute Gasteiger partial charge is 0.347 e. The second kappa shape index (κ2) is 8.03. The lowest BCUT2D eigenvalue weighted by Gasteiger charge is -2.19. The molecule has 2 aromatic carbocycles. The zero-order valence-corrected chi connectivity index (χ0v) is 16.8. The van der Waals surface area contributed by atoms with Crippen LogP contribution in [0.1, 0.15) is 54.7 Å². The number of aromatic hydroxyl groups is 2. The number of carbonyl (C=O) groups is 3. The van der Waals surface area contributed by atoms with Crippen LogP contribution in [-0.4, -0.2) is 42.2 Å². The first-order valence-electron chi connectivity index (χ1n) is 9.02. The minimum atomic E-state index is -0.855. The summed E-state index contributed by atoms with van der Waals surface area (Å²) in [6.45, 7) is 4.83. The number of benzene rings is 2. The Hall–Kier alpha value is -3.59. The molecule has 2 aromatic rings. The summed E-state index contributed by atoms with van der Waals surface area (Å²) in [4.78, 5) is 36.8. The van der Waals surface area contributed by atoms with E-state index in [1.807, 2.05) is 0 Å². The molecule has 3 rings (SSSR count). The van der Waals surface area contributed by atoms with Crippen molar-refractivity contribution in [1.29, 1.82) is 0 Å². The van der Waals surface area contributed by atoms with Crippen LogP contribution in [0.2, 0.25) is 0 Å². The maximum Gasteiger partial charge on any atom is 0.347 e. The molecule has 30 heavy (non-hydrogen) atoms. The van der Waals surface area contributed by atoms with Crippen LogP contribution in [-0.2, 0) is 16.1 Å². The molecule has 0 aliphatic carbocycles. The fourth-order valence-corrected chi connectivity index (χ4v) is 3.28. The number of phenols is 2. The average Bonchev–Trinajstić information content (AvgIpc) is 2.85. The van der Waals surface area contributed by atoms with E-state index in [4.69, 9.17) is 18.9 Å². The van der Waals surface area contributed by atoms with E-state index < -0.39 is 17.7 Å². The molecule has 0 unspecified atom stereocenters. The van der Waals surface area contributed by atoms with Gasteiger partial charge in [-0.2, -0.15) is 0 Å². The molecular formula is C21H20O9. The molecule has 0 bridgehead atoms. The van der Waals surface area contributed by atoms with Crippen LogP contribution < -0.4 is 9.47 Å². The summed E-state index contributed by atoms with van der Waals surface area (Å²) in [5.74, 6) is -2.98. The summed E-state index contributed by atoms with van der Waals surface area (Å²) in [5.41, 5.74) is -0.0743. The van der Waals surface area contributed by atoms with Gasteiger partial charge in [-0.3, -0.25) is 4.79 Å². The van der Waals surface area contributed by atoms with Crippen molar-refractivity contribution in [3.8, 4) is 28.7 Å². The quantitative estimate of drug-likeness (QED) is 0.429. The number of hydrogen-bond donors (Lipinski definition) is 2. The Morgan fingerprint density at radius 1 is 1.17 bits per heavy atom. The Bertz CT molecular complexity index is 1070. The Morgan fingerprint density at radius 2 is 1.87 bits per heavy atom. The summed E-state index contributed by atoms with van der Waals surface area (Å²) >= 11 is 0. The lowest BCUT2D eigenvalue weighted by Crippen LogP contribution is -2.13. The fourth-order valence-electron chi connectivity index (χ4n) is 3.28. The summed E-state index contributed by atoms with van der Waals surface area (Å²) in [5, 5.41) is 20.9. The standard InChI is InChI=1S/C21H20O9/c1-5-28-8-12-16(24)15(20(25)27-4)10(3)17-19(12)30-21(26)14-9(2)6-13(23)11(7-22)18(14)29-17/h6-7,23-24H,5,8H2,1-4H3. The van der Waals surface area contributed by atoms with Crippen LogP contribution in [0, 0.1) is 13.8 Å². The van der Waals surface area contributed by atoms with E-state index >= 15 is 0 Å². The lowest BCUT2D eigenvalue weighted by molar-refractivity contribution is 0.0595. The molecule has 0 atom stereocenters. The van der Waals surface area contributed by atoms with Gasteiger partial charge in [0.1, 0.15) is 22.6 Å². The Labute approximate surface area is 171 Å². The number of fused-ring (bicyclic) bond motifs is 2. The van der Waals surface area contributed by atoms with Gasteiger partial charge in [0.25, 0.3) is 0 Å². The lowest BCUT2D eigenvalue weighted by atomic mass is 10.00. The molecule has 9 heteroatoms. The van der Waals surface area contributed by atoms with Crippen molar-refractivity contribution in [3.63, 3.8) is 0 Å². The normalized spacial score (nSPS) is 12.2.